The minimum Gasteiger partial charge on any atom is -0.462 e. The van der Waals surface area contributed by atoms with Crippen molar-refractivity contribution in [2.24, 2.45) is 0 Å². The molecule has 0 heterocycles. The first-order chi connectivity index (χ1) is 35.0. The lowest BCUT2D eigenvalue weighted by molar-refractivity contribution is -0.167. The van der Waals surface area contributed by atoms with Crippen LogP contribution in [-0.2, 0) is 28.6 Å². The molecule has 0 saturated heterocycles. The highest BCUT2D eigenvalue weighted by Gasteiger charge is 2.19. The Morgan fingerprint density at radius 2 is 0.521 bits per heavy atom. The third kappa shape index (κ3) is 57.1. The third-order valence-corrected chi connectivity index (χ3v) is 12.6. The number of hydrogen-bond donors (Lipinski definition) is 0. The summed E-state index contributed by atoms with van der Waals surface area (Å²) < 4.78 is 16.8. The zero-order valence-electron chi connectivity index (χ0n) is 46.5. The van der Waals surface area contributed by atoms with Crippen molar-refractivity contribution < 1.29 is 28.6 Å². The summed E-state index contributed by atoms with van der Waals surface area (Å²) in [6, 6.07) is 0. The summed E-state index contributed by atoms with van der Waals surface area (Å²) >= 11 is 0. The van der Waals surface area contributed by atoms with Crippen LogP contribution in [0.25, 0.3) is 0 Å². The summed E-state index contributed by atoms with van der Waals surface area (Å²) in [5.41, 5.74) is 0. The largest absolute Gasteiger partial charge is 0.462 e. The fraction of sp³-hybridized carbons (Fsp3) is 0.708. The summed E-state index contributed by atoms with van der Waals surface area (Å²) in [4.78, 5) is 38.2. The van der Waals surface area contributed by atoms with Gasteiger partial charge >= 0.3 is 17.9 Å². The fourth-order valence-electron chi connectivity index (χ4n) is 8.07. The molecule has 0 aliphatic heterocycles. The zero-order valence-corrected chi connectivity index (χ0v) is 46.5. The Balaban J connectivity index is 4.51. The molecule has 0 amide bonds. The molecule has 6 heteroatoms. The monoisotopic (exact) mass is 987 g/mol. The molecule has 0 aliphatic rings. The van der Waals surface area contributed by atoms with Crippen molar-refractivity contribution in [3.63, 3.8) is 0 Å². The normalized spacial score (nSPS) is 12.8. The maximum Gasteiger partial charge on any atom is 0.306 e. The summed E-state index contributed by atoms with van der Waals surface area (Å²) in [5, 5.41) is 0. The van der Waals surface area contributed by atoms with Gasteiger partial charge < -0.3 is 14.2 Å². The minimum absolute atomic E-state index is 0.110. The molecule has 1 atom stereocenters. The van der Waals surface area contributed by atoms with Gasteiger partial charge in [-0.15, -0.1) is 0 Å². The van der Waals surface area contributed by atoms with Gasteiger partial charge in [0.2, 0.25) is 0 Å². The summed E-state index contributed by atoms with van der Waals surface area (Å²) in [6.07, 6.45) is 78.3. The molecule has 406 valence electrons. The molecule has 0 unspecified atom stereocenters. The Kier molecular flexibility index (Phi) is 55.9. The maximum atomic E-state index is 12.9. The quantitative estimate of drug-likeness (QED) is 0.0261. The molecule has 0 aromatic rings. The van der Waals surface area contributed by atoms with Crippen LogP contribution in [0.1, 0.15) is 278 Å². The molecule has 0 saturated carbocycles. The predicted molar refractivity (Wildman–Crippen MR) is 307 cm³/mol. The van der Waals surface area contributed by atoms with Crippen molar-refractivity contribution in [1.82, 2.24) is 0 Å². The maximum absolute atomic E-state index is 12.9. The molecule has 0 bridgehead atoms. The van der Waals surface area contributed by atoms with Gasteiger partial charge in [-0.05, 0) is 103 Å². The van der Waals surface area contributed by atoms with E-state index in [2.05, 4.69) is 118 Å². The molecule has 0 rings (SSSR count). The van der Waals surface area contributed by atoms with Gasteiger partial charge in [-0.1, -0.05) is 253 Å². The number of rotatable bonds is 53. The van der Waals surface area contributed by atoms with Gasteiger partial charge in [0.1, 0.15) is 13.2 Å². The van der Waals surface area contributed by atoms with Gasteiger partial charge in [0.25, 0.3) is 0 Å². The standard InChI is InChI=1S/C65H110O6/c1-4-7-10-13-16-19-22-25-28-31-32-35-37-40-43-46-49-52-55-58-64(67)70-61-62(71-65(68)59-56-53-50-47-44-41-38-34-30-27-24-21-18-15-12-9-6-3)60-69-63(66)57-54-51-48-45-42-39-36-33-29-26-23-20-17-14-11-8-5-2/h16-17,19-20,25-26,28-29,32,35-36,39-40,43,45,48,62H,4-15,18,21-24,27,30-31,33-34,37-38,41-42,44,46-47,49-61H2,1-3H3/b19-16-,20-17-,28-25-,29-26-,35-32-,39-36-,43-40-,48-45-/t62-/m0/s1. The molecular weight excluding hydrogens is 877 g/mol. The lowest BCUT2D eigenvalue weighted by Gasteiger charge is -2.18. The van der Waals surface area contributed by atoms with Crippen molar-refractivity contribution in [3.05, 3.63) is 97.2 Å². The highest BCUT2D eigenvalue weighted by atomic mass is 16.6. The molecule has 0 N–H and O–H groups in total. The Bertz CT molecular complexity index is 1410. The number of esters is 3. The van der Waals surface area contributed by atoms with Gasteiger partial charge in [0.05, 0.1) is 0 Å². The molecular formula is C65H110O6. The number of carbonyl (C=O) groups excluding carboxylic acids is 3. The second-order valence-electron chi connectivity index (χ2n) is 19.6. The molecule has 0 aliphatic carbocycles. The first kappa shape index (κ1) is 67.3. The van der Waals surface area contributed by atoms with Gasteiger partial charge in [-0.2, -0.15) is 0 Å². The average molecular weight is 988 g/mol. The van der Waals surface area contributed by atoms with E-state index in [9.17, 15) is 14.4 Å². The molecule has 71 heavy (non-hydrogen) atoms. The fourth-order valence-corrected chi connectivity index (χ4v) is 8.07. The van der Waals surface area contributed by atoms with Crippen molar-refractivity contribution in [1.29, 1.82) is 0 Å². The highest BCUT2D eigenvalue weighted by molar-refractivity contribution is 5.71. The summed E-state index contributed by atoms with van der Waals surface area (Å²) in [6.45, 7) is 6.53. The second-order valence-corrected chi connectivity index (χ2v) is 19.6. The first-order valence-corrected chi connectivity index (χ1v) is 29.7. The minimum atomic E-state index is -0.813. The topological polar surface area (TPSA) is 78.9 Å². The van der Waals surface area contributed by atoms with Gasteiger partial charge in [0, 0.05) is 19.3 Å². The van der Waals surface area contributed by atoms with E-state index in [-0.39, 0.29) is 37.5 Å². The van der Waals surface area contributed by atoms with Gasteiger partial charge in [-0.25, -0.2) is 0 Å². The van der Waals surface area contributed by atoms with Crippen LogP contribution in [0.15, 0.2) is 97.2 Å². The predicted octanol–water partition coefficient (Wildman–Crippen LogP) is 20.1. The first-order valence-electron chi connectivity index (χ1n) is 29.7. The van der Waals surface area contributed by atoms with E-state index in [1.807, 2.05) is 0 Å². The van der Waals surface area contributed by atoms with E-state index < -0.39 is 6.10 Å². The van der Waals surface area contributed by atoms with E-state index in [0.717, 1.165) is 89.9 Å². The van der Waals surface area contributed by atoms with Crippen LogP contribution in [0.3, 0.4) is 0 Å². The Labute approximate surface area is 438 Å². The van der Waals surface area contributed by atoms with Crippen LogP contribution in [0.5, 0.6) is 0 Å². The van der Waals surface area contributed by atoms with Crippen LogP contribution in [0.2, 0.25) is 0 Å². The Morgan fingerprint density at radius 3 is 0.873 bits per heavy atom. The Morgan fingerprint density at radius 1 is 0.282 bits per heavy atom. The molecule has 0 fully saturated rings. The number of unbranched alkanes of at least 4 members (excludes halogenated alkanes) is 26. The van der Waals surface area contributed by atoms with Crippen LogP contribution in [0, 0.1) is 0 Å². The zero-order chi connectivity index (χ0) is 51.4. The van der Waals surface area contributed by atoms with Crippen molar-refractivity contribution in [3.8, 4) is 0 Å². The van der Waals surface area contributed by atoms with Crippen molar-refractivity contribution >= 4 is 17.9 Å². The highest BCUT2D eigenvalue weighted by Crippen LogP contribution is 2.15. The van der Waals surface area contributed by atoms with E-state index in [1.165, 1.54) is 141 Å². The SMILES string of the molecule is CCCCC/C=C\C/C=C\C/C=C\C/C=C\CCCCCC(=O)OC[C@H](COC(=O)CCC/C=C\C/C=C\C/C=C\C/C=C\CCCCC)OC(=O)CCCCCCCCCCCCCCCCCCC. The van der Waals surface area contributed by atoms with Gasteiger partial charge in [0.15, 0.2) is 6.10 Å². The van der Waals surface area contributed by atoms with Crippen LogP contribution < -0.4 is 0 Å². The van der Waals surface area contributed by atoms with Crippen molar-refractivity contribution in [2.45, 2.75) is 284 Å². The molecule has 0 radical (unpaired) electrons. The summed E-state index contributed by atoms with van der Waals surface area (Å²) in [5.74, 6) is -0.988. The third-order valence-electron chi connectivity index (χ3n) is 12.6. The molecule has 0 spiro atoms. The van der Waals surface area contributed by atoms with E-state index >= 15 is 0 Å². The van der Waals surface area contributed by atoms with Gasteiger partial charge in [-0.3, -0.25) is 14.4 Å². The lowest BCUT2D eigenvalue weighted by Crippen LogP contribution is -2.30. The van der Waals surface area contributed by atoms with E-state index in [4.69, 9.17) is 14.2 Å². The lowest BCUT2D eigenvalue weighted by atomic mass is 10.0. The van der Waals surface area contributed by atoms with Crippen LogP contribution in [0.4, 0.5) is 0 Å². The number of carbonyl (C=O) groups is 3. The molecule has 6 nitrogen and oxygen atoms in total. The Hall–Kier alpha value is -3.67. The number of ether oxygens (including phenoxy) is 3. The number of hydrogen-bond acceptors (Lipinski definition) is 6. The van der Waals surface area contributed by atoms with Crippen LogP contribution >= 0.6 is 0 Å². The number of allylic oxidation sites excluding steroid dienone is 16. The van der Waals surface area contributed by atoms with Crippen LogP contribution in [-0.4, -0.2) is 37.2 Å². The van der Waals surface area contributed by atoms with E-state index in [1.54, 1.807) is 0 Å². The average Bonchev–Trinajstić information content (AvgIpc) is 3.37. The summed E-state index contributed by atoms with van der Waals surface area (Å²) in [7, 11) is 0. The molecule has 0 aromatic carbocycles. The van der Waals surface area contributed by atoms with Crippen molar-refractivity contribution in [2.75, 3.05) is 13.2 Å². The van der Waals surface area contributed by atoms with E-state index in [0.29, 0.717) is 19.3 Å². The second kappa shape index (κ2) is 58.9. The smallest absolute Gasteiger partial charge is 0.306 e. The molecule has 0 aromatic heterocycles.